The number of hydrogen-bond acceptors (Lipinski definition) is 7. The van der Waals surface area contributed by atoms with Gasteiger partial charge < -0.3 is 14.2 Å². The van der Waals surface area contributed by atoms with Crippen molar-refractivity contribution in [2.75, 3.05) is 18.0 Å². The second-order valence-corrected chi connectivity index (χ2v) is 6.54. The number of aromatic nitrogens is 4. The van der Waals surface area contributed by atoms with Crippen molar-refractivity contribution in [3.05, 3.63) is 47.2 Å². The second kappa shape index (κ2) is 7.30. The summed E-state index contributed by atoms with van der Waals surface area (Å²) in [4.78, 5) is 15.6. The molecule has 1 aliphatic heterocycles. The Bertz CT molecular complexity index is 953. The van der Waals surface area contributed by atoms with Gasteiger partial charge >= 0.3 is 0 Å². The molecule has 0 aliphatic carbocycles. The van der Waals surface area contributed by atoms with Gasteiger partial charge in [0.25, 0.3) is 5.89 Å². The minimum Gasteiger partial charge on any atom is -0.467 e. The molecule has 27 heavy (non-hydrogen) atoms. The van der Waals surface area contributed by atoms with E-state index in [0.29, 0.717) is 29.1 Å². The van der Waals surface area contributed by atoms with Crippen LogP contribution in [0, 0.1) is 19.7 Å². The van der Waals surface area contributed by atoms with Crippen LogP contribution in [-0.2, 0) is 6.61 Å². The molecule has 7 nitrogen and oxygen atoms in total. The summed E-state index contributed by atoms with van der Waals surface area (Å²) in [7, 11) is 0. The molecule has 0 N–H and O–H groups in total. The number of aryl methyl sites for hydroxylation is 1. The van der Waals surface area contributed by atoms with Crippen molar-refractivity contribution in [1.29, 1.82) is 0 Å². The van der Waals surface area contributed by atoms with E-state index >= 15 is 0 Å². The summed E-state index contributed by atoms with van der Waals surface area (Å²) in [6.45, 7) is 5.87. The number of hydrogen-bond donors (Lipinski definition) is 0. The summed E-state index contributed by atoms with van der Waals surface area (Å²) in [6.07, 6.45) is 2.30. The van der Waals surface area contributed by atoms with Gasteiger partial charge in [0, 0.05) is 29.9 Å². The molecule has 0 radical (unpaired) electrons. The lowest BCUT2D eigenvalue weighted by Crippen LogP contribution is -2.21. The molecule has 0 bridgehead atoms. The normalized spacial score (nSPS) is 14.0. The Hall–Kier alpha value is -3.03. The molecule has 2 aromatic heterocycles. The Kier molecular flexibility index (Phi) is 4.70. The van der Waals surface area contributed by atoms with E-state index in [1.807, 2.05) is 13.8 Å². The molecule has 4 rings (SSSR count). The minimum atomic E-state index is -0.350. The van der Waals surface area contributed by atoms with E-state index in [4.69, 9.17) is 9.26 Å². The molecule has 140 valence electrons. The summed E-state index contributed by atoms with van der Waals surface area (Å²) in [5, 5.41) is 3.89. The average Bonchev–Trinajstić information content (AvgIpc) is 3.35. The first kappa shape index (κ1) is 17.4. The Labute approximate surface area is 156 Å². The highest BCUT2D eigenvalue weighted by molar-refractivity contribution is 5.53. The molecule has 1 aliphatic rings. The van der Waals surface area contributed by atoms with Crippen LogP contribution in [-0.4, -0.2) is 33.2 Å². The van der Waals surface area contributed by atoms with Crippen molar-refractivity contribution in [2.24, 2.45) is 0 Å². The summed E-state index contributed by atoms with van der Waals surface area (Å²) in [5.74, 6) is 1.47. The Balaban J connectivity index is 1.50. The molecule has 1 fully saturated rings. The molecule has 3 heterocycles. The summed E-state index contributed by atoms with van der Waals surface area (Å²) < 4.78 is 24.4. The van der Waals surface area contributed by atoms with Gasteiger partial charge in [-0.25, -0.2) is 9.37 Å². The second-order valence-electron chi connectivity index (χ2n) is 6.54. The highest BCUT2D eigenvalue weighted by Gasteiger charge is 2.19. The lowest BCUT2D eigenvalue weighted by Gasteiger charge is -2.17. The first-order valence-corrected chi connectivity index (χ1v) is 8.91. The van der Waals surface area contributed by atoms with Crippen molar-refractivity contribution >= 4 is 5.95 Å². The number of benzene rings is 1. The van der Waals surface area contributed by atoms with Crippen molar-refractivity contribution in [3.63, 3.8) is 0 Å². The molecule has 1 saturated heterocycles. The van der Waals surface area contributed by atoms with Crippen LogP contribution < -0.4 is 9.64 Å². The van der Waals surface area contributed by atoms with Gasteiger partial charge in [0.1, 0.15) is 5.82 Å². The maximum absolute atomic E-state index is 13.3. The SMILES string of the molecule is Cc1nc(N2CCCC2)nc(OCc2nc(-c3cccc(F)c3)no2)c1C. The Morgan fingerprint density at radius 3 is 2.74 bits per heavy atom. The van der Waals surface area contributed by atoms with E-state index in [0.717, 1.165) is 37.2 Å². The smallest absolute Gasteiger partial charge is 0.264 e. The first-order valence-electron chi connectivity index (χ1n) is 8.91. The van der Waals surface area contributed by atoms with E-state index < -0.39 is 0 Å². The molecular formula is C19H20FN5O2. The molecular weight excluding hydrogens is 349 g/mol. The van der Waals surface area contributed by atoms with Gasteiger partial charge in [0.05, 0.1) is 0 Å². The molecule has 1 aromatic carbocycles. The zero-order valence-electron chi connectivity index (χ0n) is 15.3. The van der Waals surface area contributed by atoms with Crippen molar-refractivity contribution in [2.45, 2.75) is 33.3 Å². The fraction of sp³-hybridized carbons (Fsp3) is 0.368. The van der Waals surface area contributed by atoms with E-state index in [9.17, 15) is 4.39 Å². The number of nitrogens with zero attached hydrogens (tertiary/aromatic N) is 5. The molecule has 8 heteroatoms. The van der Waals surface area contributed by atoms with E-state index in [1.165, 1.54) is 12.1 Å². The third kappa shape index (κ3) is 3.74. The predicted molar refractivity (Wildman–Crippen MR) is 97.0 cm³/mol. The Morgan fingerprint density at radius 1 is 1.15 bits per heavy atom. The number of anilines is 1. The largest absolute Gasteiger partial charge is 0.467 e. The molecule has 0 unspecified atom stereocenters. The monoisotopic (exact) mass is 369 g/mol. The fourth-order valence-electron chi connectivity index (χ4n) is 2.98. The number of halogens is 1. The van der Waals surface area contributed by atoms with Crippen LogP contribution in [0.3, 0.4) is 0 Å². The van der Waals surface area contributed by atoms with E-state index in [1.54, 1.807) is 12.1 Å². The summed E-state index contributed by atoms with van der Waals surface area (Å²) in [5.41, 5.74) is 2.31. The van der Waals surface area contributed by atoms with Crippen molar-refractivity contribution in [3.8, 4) is 17.3 Å². The summed E-state index contributed by atoms with van der Waals surface area (Å²) in [6, 6.07) is 6.05. The maximum Gasteiger partial charge on any atom is 0.264 e. The fourth-order valence-corrected chi connectivity index (χ4v) is 2.98. The summed E-state index contributed by atoms with van der Waals surface area (Å²) >= 11 is 0. The van der Waals surface area contributed by atoms with Crippen LogP contribution in [0.15, 0.2) is 28.8 Å². The lowest BCUT2D eigenvalue weighted by molar-refractivity contribution is 0.233. The van der Waals surface area contributed by atoms with Crippen LogP contribution >= 0.6 is 0 Å². The highest BCUT2D eigenvalue weighted by Crippen LogP contribution is 2.24. The highest BCUT2D eigenvalue weighted by atomic mass is 19.1. The molecule has 0 saturated carbocycles. The zero-order valence-corrected chi connectivity index (χ0v) is 15.3. The number of rotatable bonds is 5. The van der Waals surface area contributed by atoms with Crippen molar-refractivity contribution in [1.82, 2.24) is 20.1 Å². The first-order chi connectivity index (χ1) is 13.1. The quantitative estimate of drug-likeness (QED) is 0.681. The van der Waals surface area contributed by atoms with Crippen LogP contribution in [0.2, 0.25) is 0 Å². The topological polar surface area (TPSA) is 77.2 Å². The average molecular weight is 369 g/mol. The van der Waals surface area contributed by atoms with Crippen LogP contribution in [0.1, 0.15) is 30.0 Å². The third-order valence-electron chi connectivity index (χ3n) is 4.60. The molecule has 0 amide bonds. The number of ether oxygens (including phenoxy) is 1. The van der Waals surface area contributed by atoms with Crippen molar-refractivity contribution < 1.29 is 13.7 Å². The van der Waals surface area contributed by atoms with Crippen LogP contribution in [0.25, 0.3) is 11.4 Å². The molecule has 0 atom stereocenters. The van der Waals surface area contributed by atoms with E-state index in [2.05, 4.69) is 25.0 Å². The zero-order chi connectivity index (χ0) is 18.8. The lowest BCUT2D eigenvalue weighted by atomic mass is 10.2. The predicted octanol–water partition coefficient (Wildman–Crippen LogP) is 3.46. The van der Waals surface area contributed by atoms with Crippen LogP contribution in [0.4, 0.5) is 10.3 Å². The van der Waals surface area contributed by atoms with Gasteiger partial charge in [0.15, 0.2) is 6.61 Å². The van der Waals surface area contributed by atoms with Gasteiger partial charge in [-0.05, 0) is 38.8 Å². The Morgan fingerprint density at radius 2 is 1.96 bits per heavy atom. The van der Waals surface area contributed by atoms with Gasteiger partial charge in [-0.15, -0.1) is 0 Å². The van der Waals surface area contributed by atoms with E-state index in [-0.39, 0.29) is 12.4 Å². The minimum absolute atomic E-state index is 0.0824. The van der Waals surface area contributed by atoms with Crippen LogP contribution in [0.5, 0.6) is 5.88 Å². The molecule has 0 spiro atoms. The molecule has 3 aromatic rings. The standard InChI is InChI=1S/C19H20FN5O2/c1-12-13(2)21-19(25-8-3-4-9-25)23-18(12)26-11-16-22-17(24-27-16)14-6-5-7-15(20)10-14/h5-7,10H,3-4,8-9,11H2,1-2H3. The van der Waals surface area contributed by atoms with Gasteiger partial charge in [0.2, 0.25) is 17.7 Å². The van der Waals surface area contributed by atoms with Gasteiger partial charge in [-0.2, -0.15) is 9.97 Å². The third-order valence-corrected chi connectivity index (χ3v) is 4.60. The maximum atomic E-state index is 13.3. The van der Waals surface area contributed by atoms with Gasteiger partial charge in [-0.3, -0.25) is 0 Å². The van der Waals surface area contributed by atoms with Gasteiger partial charge in [-0.1, -0.05) is 17.3 Å².